The number of hydrogen-bond donors (Lipinski definition) is 2. The van der Waals surface area contributed by atoms with Crippen molar-refractivity contribution in [1.82, 2.24) is 0 Å². The lowest BCUT2D eigenvalue weighted by atomic mass is 9.72. The normalized spacial score (nSPS) is 14.2. The molecule has 0 radical (unpaired) electrons. The molecule has 3 nitrogen and oxygen atoms in total. The number of nitrogens with one attached hydrogen (secondary N) is 1. The molecule has 1 aromatic rings. The Kier molecular flexibility index (Phi) is 13.1. The van der Waals surface area contributed by atoms with Crippen LogP contribution in [0.3, 0.4) is 0 Å². The minimum atomic E-state index is -0.122. The van der Waals surface area contributed by atoms with Crippen molar-refractivity contribution in [3.05, 3.63) is 24.3 Å². The lowest BCUT2D eigenvalue weighted by molar-refractivity contribution is -0.123. The third-order valence-corrected chi connectivity index (χ3v) is 7.20. The Morgan fingerprint density at radius 1 is 0.788 bits per heavy atom. The van der Waals surface area contributed by atoms with Gasteiger partial charge in [0.2, 0.25) is 5.91 Å². The van der Waals surface area contributed by atoms with Gasteiger partial charge >= 0.3 is 0 Å². The third kappa shape index (κ3) is 12.0. The van der Waals surface area contributed by atoms with E-state index in [0.717, 1.165) is 12.8 Å². The van der Waals surface area contributed by atoms with E-state index >= 15 is 0 Å². The lowest BCUT2D eigenvalue weighted by Crippen LogP contribution is -2.33. The lowest BCUT2D eigenvalue weighted by Gasteiger charge is -2.33. The number of aromatic hydroxyl groups is 1. The van der Waals surface area contributed by atoms with E-state index in [-0.39, 0.29) is 23.0 Å². The molecule has 1 rings (SSSR count). The van der Waals surface area contributed by atoms with Crippen molar-refractivity contribution in [2.24, 2.45) is 22.7 Å². The number of unbranched alkanes of at least 4 members (excludes halogenated alkanes) is 7. The van der Waals surface area contributed by atoms with E-state index in [0.29, 0.717) is 17.0 Å². The van der Waals surface area contributed by atoms with Crippen molar-refractivity contribution in [3.8, 4) is 5.75 Å². The molecule has 0 fully saturated rings. The van der Waals surface area contributed by atoms with Gasteiger partial charge in [0.1, 0.15) is 5.75 Å². The molecule has 2 atom stereocenters. The van der Waals surface area contributed by atoms with Gasteiger partial charge in [0.25, 0.3) is 0 Å². The van der Waals surface area contributed by atoms with E-state index in [1.165, 1.54) is 64.2 Å². The summed E-state index contributed by atoms with van der Waals surface area (Å²) in [5.41, 5.74) is 0.680. The first kappa shape index (κ1) is 29.5. The first-order valence-corrected chi connectivity index (χ1v) is 13.6. The molecule has 0 aliphatic heterocycles. The van der Waals surface area contributed by atoms with Gasteiger partial charge in [-0.15, -0.1) is 0 Å². The molecule has 0 saturated heterocycles. The Morgan fingerprint density at radius 2 is 1.33 bits per heavy atom. The second kappa shape index (κ2) is 14.7. The molecular formula is C30H53NO2. The van der Waals surface area contributed by atoms with Crippen molar-refractivity contribution in [3.63, 3.8) is 0 Å². The monoisotopic (exact) mass is 459 g/mol. The van der Waals surface area contributed by atoms with Crippen molar-refractivity contribution < 1.29 is 9.90 Å². The maximum atomic E-state index is 13.1. The minimum Gasteiger partial charge on any atom is -0.506 e. The smallest absolute Gasteiger partial charge is 0.228 e. The fourth-order valence-electron chi connectivity index (χ4n) is 4.86. The largest absolute Gasteiger partial charge is 0.506 e. The number of phenolic OH excluding ortho intramolecular Hbond substituents is 1. The van der Waals surface area contributed by atoms with Crippen LogP contribution in [-0.2, 0) is 4.79 Å². The van der Waals surface area contributed by atoms with Gasteiger partial charge in [-0.25, -0.2) is 0 Å². The SMILES string of the molecule is CCCCCCCCCCC(CCCC(C(=O)Nc1ccccc1O)C(C)(C)C)C(C)(C)C. The summed E-state index contributed by atoms with van der Waals surface area (Å²) in [5, 5.41) is 13.0. The van der Waals surface area contributed by atoms with Gasteiger partial charge in [0, 0.05) is 5.92 Å². The van der Waals surface area contributed by atoms with E-state index in [9.17, 15) is 9.90 Å². The molecule has 1 amide bonds. The first-order chi connectivity index (χ1) is 15.5. The Hall–Kier alpha value is -1.51. The fraction of sp³-hybridized carbons (Fsp3) is 0.767. The van der Waals surface area contributed by atoms with Crippen LogP contribution in [0.5, 0.6) is 5.75 Å². The van der Waals surface area contributed by atoms with Crippen molar-refractivity contribution in [2.75, 3.05) is 5.32 Å². The van der Waals surface area contributed by atoms with Gasteiger partial charge in [-0.3, -0.25) is 4.79 Å². The van der Waals surface area contributed by atoms with Crippen LogP contribution in [0.15, 0.2) is 24.3 Å². The van der Waals surface area contributed by atoms with Gasteiger partial charge in [0.05, 0.1) is 5.69 Å². The van der Waals surface area contributed by atoms with Crippen LogP contribution in [0.4, 0.5) is 5.69 Å². The molecule has 3 heteroatoms. The number of rotatable bonds is 15. The molecule has 0 heterocycles. The number of carbonyl (C=O) groups is 1. The fourth-order valence-corrected chi connectivity index (χ4v) is 4.86. The molecule has 0 bridgehead atoms. The highest BCUT2D eigenvalue weighted by Gasteiger charge is 2.32. The van der Waals surface area contributed by atoms with E-state index in [2.05, 4.69) is 53.8 Å². The van der Waals surface area contributed by atoms with Gasteiger partial charge < -0.3 is 10.4 Å². The molecular weight excluding hydrogens is 406 g/mol. The highest BCUT2D eigenvalue weighted by Crippen LogP contribution is 2.37. The molecule has 33 heavy (non-hydrogen) atoms. The molecule has 0 aliphatic rings. The summed E-state index contributed by atoms with van der Waals surface area (Å²) in [6.45, 7) is 15.8. The molecule has 2 N–H and O–H groups in total. The van der Waals surface area contributed by atoms with E-state index in [1.54, 1.807) is 18.2 Å². The number of amides is 1. The zero-order chi connectivity index (χ0) is 24.9. The minimum absolute atomic E-state index is 0.0133. The van der Waals surface area contributed by atoms with Crippen LogP contribution in [0.2, 0.25) is 0 Å². The average Bonchev–Trinajstić information content (AvgIpc) is 2.71. The number of benzene rings is 1. The maximum Gasteiger partial charge on any atom is 0.228 e. The van der Waals surface area contributed by atoms with E-state index in [1.807, 2.05) is 6.07 Å². The number of phenols is 1. The van der Waals surface area contributed by atoms with Crippen LogP contribution in [0, 0.1) is 22.7 Å². The van der Waals surface area contributed by atoms with Crippen LogP contribution in [-0.4, -0.2) is 11.0 Å². The van der Waals surface area contributed by atoms with Gasteiger partial charge in [-0.2, -0.15) is 0 Å². The predicted molar refractivity (Wildman–Crippen MR) is 144 cm³/mol. The summed E-state index contributed by atoms with van der Waals surface area (Å²) in [4.78, 5) is 13.1. The van der Waals surface area contributed by atoms with E-state index < -0.39 is 0 Å². The molecule has 0 saturated carbocycles. The molecule has 2 unspecified atom stereocenters. The zero-order valence-corrected chi connectivity index (χ0v) is 22.8. The van der Waals surface area contributed by atoms with Crippen molar-refractivity contribution in [2.45, 2.75) is 126 Å². The quantitative estimate of drug-likeness (QED) is 0.203. The Bertz CT molecular complexity index is 669. The molecule has 0 spiro atoms. The standard InChI is InChI=1S/C30H53NO2/c1-8-9-10-11-12-13-14-15-19-24(29(2,3)4)20-18-21-25(30(5,6)7)28(33)31-26-22-16-17-23-27(26)32/h16-17,22-25,32H,8-15,18-21H2,1-7H3,(H,31,33). The summed E-state index contributed by atoms with van der Waals surface area (Å²) in [6.07, 6.45) is 15.4. The molecule has 0 aromatic heterocycles. The number of carbonyl (C=O) groups excluding carboxylic acids is 1. The predicted octanol–water partition coefficient (Wildman–Crippen LogP) is 9.36. The topological polar surface area (TPSA) is 49.3 Å². The molecule has 0 aliphatic carbocycles. The third-order valence-electron chi connectivity index (χ3n) is 7.20. The van der Waals surface area contributed by atoms with Crippen molar-refractivity contribution in [1.29, 1.82) is 0 Å². The van der Waals surface area contributed by atoms with Crippen LogP contribution in [0.25, 0.3) is 0 Å². The summed E-state index contributed by atoms with van der Waals surface area (Å²) >= 11 is 0. The van der Waals surface area contributed by atoms with Crippen molar-refractivity contribution >= 4 is 11.6 Å². The molecule has 1 aromatic carbocycles. The van der Waals surface area contributed by atoms with Crippen LogP contribution >= 0.6 is 0 Å². The maximum absolute atomic E-state index is 13.1. The van der Waals surface area contributed by atoms with Gasteiger partial charge in [-0.05, 0) is 48.1 Å². The Morgan fingerprint density at radius 3 is 1.88 bits per heavy atom. The van der Waals surface area contributed by atoms with E-state index in [4.69, 9.17) is 0 Å². The number of para-hydroxylation sites is 2. The zero-order valence-electron chi connectivity index (χ0n) is 22.8. The van der Waals surface area contributed by atoms with Crippen LogP contribution in [0.1, 0.15) is 126 Å². The summed E-state index contributed by atoms with van der Waals surface area (Å²) < 4.78 is 0. The summed E-state index contributed by atoms with van der Waals surface area (Å²) in [6, 6.07) is 6.97. The highest BCUT2D eigenvalue weighted by molar-refractivity contribution is 5.94. The summed E-state index contributed by atoms with van der Waals surface area (Å²) in [5.74, 6) is 0.747. The first-order valence-electron chi connectivity index (χ1n) is 13.6. The number of hydrogen-bond acceptors (Lipinski definition) is 2. The Balaban J connectivity index is 2.55. The average molecular weight is 460 g/mol. The highest BCUT2D eigenvalue weighted by atomic mass is 16.3. The van der Waals surface area contributed by atoms with Gasteiger partial charge in [-0.1, -0.05) is 118 Å². The van der Waals surface area contributed by atoms with Crippen LogP contribution < -0.4 is 5.32 Å². The second-order valence-electron chi connectivity index (χ2n) is 12.2. The molecule has 190 valence electrons. The summed E-state index contributed by atoms with van der Waals surface area (Å²) in [7, 11) is 0. The van der Waals surface area contributed by atoms with Gasteiger partial charge in [0.15, 0.2) is 0 Å². The second-order valence-corrected chi connectivity index (χ2v) is 12.2. The number of anilines is 1. The Labute approximate surface area is 205 Å².